The van der Waals surface area contributed by atoms with Crippen LogP contribution in [0.3, 0.4) is 0 Å². The summed E-state index contributed by atoms with van der Waals surface area (Å²) in [4.78, 5) is 32.0. The lowest BCUT2D eigenvalue weighted by atomic mass is 9.95. The molecule has 0 spiro atoms. The van der Waals surface area contributed by atoms with E-state index in [-0.39, 0.29) is 11.7 Å². The molecule has 3 aromatic rings. The van der Waals surface area contributed by atoms with E-state index in [1.165, 1.54) is 18.4 Å². The molecule has 200 valence electrons. The van der Waals surface area contributed by atoms with Gasteiger partial charge in [-0.05, 0) is 78.6 Å². The first-order valence-electron chi connectivity index (χ1n) is 12.6. The van der Waals surface area contributed by atoms with Crippen LogP contribution in [0.1, 0.15) is 57.7 Å². The second-order valence-electron chi connectivity index (χ2n) is 8.80. The molecule has 38 heavy (non-hydrogen) atoms. The molecule has 2 aromatic carbocycles. The molecule has 0 saturated heterocycles. The lowest BCUT2D eigenvalue weighted by Gasteiger charge is -2.25. The molecule has 0 amide bonds. The van der Waals surface area contributed by atoms with Crippen molar-refractivity contribution in [3.63, 3.8) is 0 Å². The molecular formula is C29H31IN2O5S. The highest BCUT2D eigenvalue weighted by molar-refractivity contribution is 14.1. The monoisotopic (exact) mass is 646 g/mol. The summed E-state index contributed by atoms with van der Waals surface area (Å²) in [5.74, 6) is 0.864. The van der Waals surface area contributed by atoms with Crippen molar-refractivity contribution in [2.45, 2.75) is 52.7 Å². The summed E-state index contributed by atoms with van der Waals surface area (Å²) >= 11 is 3.55. The largest absolute Gasteiger partial charge is 0.490 e. The number of ether oxygens (including phenoxy) is 3. The maximum Gasteiger partial charge on any atom is 0.338 e. The molecule has 0 N–H and O–H groups in total. The number of carbonyl (C=O) groups is 1. The molecule has 1 aliphatic rings. The van der Waals surface area contributed by atoms with E-state index in [2.05, 4.69) is 29.5 Å². The van der Waals surface area contributed by atoms with Crippen molar-refractivity contribution >= 4 is 46.0 Å². The zero-order chi connectivity index (χ0) is 27.4. The minimum absolute atomic E-state index is 0.0482. The molecule has 1 aromatic heterocycles. The fraction of sp³-hybridized carbons (Fsp3) is 0.345. The average molecular weight is 647 g/mol. The smallest absolute Gasteiger partial charge is 0.338 e. The van der Waals surface area contributed by atoms with E-state index >= 15 is 0 Å². The zero-order valence-corrected chi connectivity index (χ0v) is 25.1. The molecule has 7 nitrogen and oxygen atoms in total. The van der Waals surface area contributed by atoms with Crippen LogP contribution < -0.4 is 24.4 Å². The number of carbonyl (C=O) groups excluding carboxylic acids is 1. The molecule has 1 aliphatic heterocycles. The van der Waals surface area contributed by atoms with Gasteiger partial charge in [0.25, 0.3) is 5.56 Å². The first kappa shape index (κ1) is 28.1. The number of fused-ring (bicyclic) bond motifs is 1. The molecule has 9 heteroatoms. The van der Waals surface area contributed by atoms with E-state index in [1.807, 2.05) is 69.3 Å². The van der Waals surface area contributed by atoms with Crippen molar-refractivity contribution < 1.29 is 19.0 Å². The number of hydrogen-bond donors (Lipinski definition) is 0. The van der Waals surface area contributed by atoms with Crippen LogP contribution in [0.25, 0.3) is 6.08 Å². The average Bonchev–Trinajstić information content (AvgIpc) is 3.23. The Balaban J connectivity index is 1.91. The van der Waals surface area contributed by atoms with E-state index in [9.17, 15) is 9.59 Å². The number of halogens is 1. The first-order valence-corrected chi connectivity index (χ1v) is 14.5. The highest BCUT2D eigenvalue weighted by Crippen LogP contribution is 2.36. The summed E-state index contributed by atoms with van der Waals surface area (Å²) in [5.41, 5.74) is 2.44. The maximum atomic E-state index is 13.8. The molecular weight excluding hydrogens is 615 g/mol. The quantitative estimate of drug-likeness (QED) is 0.242. The van der Waals surface area contributed by atoms with E-state index in [4.69, 9.17) is 19.2 Å². The number of hydrogen-bond acceptors (Lipinski definition) is 7. The Labute approximate surface area is 239 Å². The Hall–Kier alpha value is -2.92. The Morgan fingerprint density at radius 3 is 2.58 bits per heavy atom. The summed E-state index contributed by atoms with van der Waals surface area (Å²) in [7, 11) is 1.35. The van der Waals surface area contributed by atoms with Crippen molar-refractivity contribution in [1.29, 1.82) is 0 Å². The summed E-state index contributed by atoms with van der Waals surface area (Å²) in [6.45, 7) is 8.46. The van der Waals surface area contributed by atoms with Gasteiger partial charge >= 0.3 is 5.97 Å². The van der Waals surface area contributed by atoms with Crippen LogP contribution in [-0.2, 0) is 9.53 Å². The second kappa shape index (κ2) is 12.3. The molecule has 0 radical (unpaired) electrons. The molecule has 2 heterocycles. The third kappa shape index (κ3) is 5.58. The summed E-state index contributed by atoms with van der Waals surface area (Å²) < 4.78 is 20.2. The Kier molecular flexibility index (Phi) is 9.09. The van der Waals surface area contributed by atoms with Gasteiger partial charge in [-0.15, -0.1) is 0 Å². The van der Waals surface area contributed by atoms with Gasteiger partial charge in [-0.2, -0.15) is 0 Å². The fourth-order valence-corrected chi connectivity index (χ4v) is 6.07. The van der Waals surface area contributed by atoms with Crippen LogP contribution in [-0.4, -0.2) is 30.4 Å². The lowest BCUT2D eigenvalue weighted by molar-refractivity contribution is -0.136. The van der Waals surface area contributed by atoms with Gasteiger partial charge in [-0.1, -0.05) is 55.5 Å². The summed E-state index contributed by atoms with van der Waals surface area (Å²) in [6.07, 6.45) is 3.30. The van der Waals surface area contributed by atoms with Crippen LogP contribution in [0.4, 0.5) is 0 Å². The molecule has 0 bridgehead atoms. The molecule has 2 atom stereocenters. The predicted molar refractivity (Wildman–Crippen MR) is 158 cm³/mol. The minimum atomic E-state index is -0.623. The van der Waals surface area contributed by atoms with Gasteiger partial charge in [-0.3, -0.25) is 9.36 Å². The predicted octanol–water partition coefficient (Wildman–Crippen LogP) is 4.98. The van der Waals surface area contributed by atoms with E-state index in [1.54, 1.807) is 4.57 Å². The topological polar surface area (TPSA) is 79.1 Å². The van der Waals surface area contributed by atoms with Gasteiger partial charge in [0.15, 0.2) is 16.3 Å². The van der Waals surface area contributed by atoms with Crippen LogP contribution in [0, 0.1) is 3.57 Å². The number of methoxy groups -OCH3 is 1. The first-order chi connectivity index (χ1) is 18.3. The van der Waals surface area contributed by atoms with E-state index < -0.39 is 12.0 Å². The maximum absolute atomic E-state index is 13.8. The van der Waals surface area contributed by atoms with Crippen LogP contribution >= 0.6 is 33.9 Å². The second-order valence-corrected chi connectivity index (χ2v) is 11.0. The van der Waals surface area contributed by atoms with Crippen molar-refractivity contribution in [1.82, 2.24) is 4.57 Å². The Morgan fingerprint density at radius 1 is 1.21 bits per heavy atom. The molecule has 0 saturated carbocycles. The van der Waals surface area contributed by atoms with E-state index in [0.29, 0.717) is 45.1 Å². The molecule has 4 rings (SSSR count). The Morgan fingerprint density at radius 2 is 1.95 bits per heavy atom. The number of benzene rings is 2. The van der Waals surface area contributed by atoms with E-state index in [0.717, 1.165) is 21.1 Å². The molecule has 0 fully saturated rings. The number of esters is 1. The number of allylic oxidation sites excluding steroid dienone is 1. The van der Waals surface area contributed by atoms with Crippen molar-refractivity contribution in [2.75, 3.05) is 13.7 Å². The normalized spacial score (nSPS) is 16.1. The van der Waals surface area contributed by atoms with Gasteiger partial charge < -0.3 is 14.2 Å². The van der Waals surface area contributed by atoms with Crippen molar-refractivity contribution in [3.05, 3.63) is 88.1 Å². The van der Waals surface area contributed by atoms with Gasteiger partial charge in [0.2, 0.25) is 0 Å². The van der Waals surface area contributed by atoms with Gasteiger partial charge in [0.1, 0.15) is 0 Å². The summed E-state index contributed by atoms with van der Waals surface area (Å²) in [6, 6.07) is 12.8. The SMILES string of the molecule is CCOc1cc(/C=c2/sc3n(c2=O)[C@@H](c2ccccc2)C(C(=O)OC)=C(CC)N=3)cc(I)c1O[C@@H](C)CC. The van der Waals surface area contributed by atoms with Gasteiger partial charge in [-0.25, -0.2) is 9.79 Å². The molecule has 0 aliphatic carbocycles. The number of rotatable bonds is 9. The highest BCUT2D eigenvalue weighted by Gasteiger charge is 2.33. The highest BCUT2D eigenvalue weighted by atomic mass is 127. The number of nitrogens with zero attached hydrogens (tertiary/aromatic N) is 2. The van der Waals surface area contributed by atoms with Crippen LogP contribution in [0.2, 0.25) is 0 Å². The standard InChI is InChI=1S/C29H31IN2O5S/c1-6-17(4)37-26-20(30)14-18(15-22(26)36-8-3)16-23-27(33)32-25(19-12-10-9-11-13-19)24(28(34)35-5)21(7-2)31-29(32)38-23/h9-17,25H,6-8H2,1-5H3/b23-16+/t17-,25-/m0/s1. The Bertz CT molecular complexity index is 1540. The third-order valence-electron chi connectivity index (χ3n) is 6.29. The van der Waals surface area contributed by atoms with Gasteiger partial charge in [0.05, 0.1) is 45.2 Å². The van der Waals surface area contributed by atoms with Crippen molar-refractivity contribution in [2.24, 2.45) is 4.99 Å². The fourth-order valence-electron chi connectivity index (χ4n) is 4.30. The van der Waals surface area contributed by atoms with Gasteiger partial charge in [0, 0.05) is 0 Å². The zero-order valence-electron chi connectivity index (χ0n) is 22.1. The minimum Gasteiger partial charge on any atom is -0.490 e. The lowest BCUT2D eigenvalue weighted by Crippen LogP contribution is -2.40. The van der Waals surface area contributed by atoms with Crippen LogP contribution in [0.5, 0.6) is 11.5 Å². The summed E-state index contributed by atoms with van der Waals surface area (Å²) in [5, 5.41) is 0. The molecule has 0 unspecified atom stereocenters. The number of thiazole rings is 1. The third-order valence-corrected chi connectivity index (χ3v) is 8.07. The van der Waals surface area contributed by atoms with Crippen LogP contribution in [0.15, 0.2) is 63.5 Å². The van der Waals surface area contributed by atoms with Crippen molar-refractivity contribution in [3.8, 4) is 11.5 Å². The number of aromatic nitrogens is 1.